The first-order chi connectivity index (χ1) is 12.3. The third kappa shape index (κ3) is 7.33. The molecule has 2 aromatic carbocycles. The second-order valence-corrected chi connectivity index (χ2v) is 7.05. The van der Waals surface area contributed by atoms with E-state index < -0.39 is 21.4 Å². The highest BCUT2D eigenvalue weighted by Gasteiger charge is 2.15. The van der Waals surface area contributed by atoms with Crippen molar-refractivity contribution in [3.63, 3.8) is 0 Å². The van der Waals surface area contributed by atoms with Gasteiger partial charge in [-0.25, -0.2) is 0 Å². The Morgan fingerprint density at radius 3 is 2.00 bits per heavy atom. The second kappa shape index (κ2) is 11.2. The van der Waals surface area contributed by atoms with Crippen LogP contribution in [-0.4, -0.2) is 30.2 Å². The normalized spacial score (nSPS) is 9.85. The largest absolute Gasteiger partial charge is 0.484 e. The number of ether oxygens (including phenoxy) is 2. The molecule has 0 atom stereocenters. The Morgan fingerprint density at radius 1 is 0.962 bits per heavy atom. The van der Waals surface area contributed by atoms with E-state index in [4.69, 9.17) is 9.47 Å². The molecule has 0 fully saturated rings. The number of nitro groups is 2. The molecule has 8 nitrogen and oxygen atoms in total. The number of nitro benzene ring substituents is 2. The smallest absolute Gasteiger partial charge is 0.311 e. The van der Waals surface area contributed by atoms with Crippen LogP contribution < -0.4 is 4.74 Å². The number of halogens is 3. The van der Waals surface area contributed by atoms with Gasteiger partial charge in [0.05, 0.1) is 16.5 Å². The monoisotopic (exact) mass is 590 g/mol. The number of rotatable bonds is 6. The Labute approximate surface area is 175 Å². The van der Waals surface area contributed by atoms with Gasteiger partial charge < -0.3 is 9.47 Å². The van der Waals surface area contributed by atoms with Crippen LogP contribution >= 0.6 is 45.2 Å². The zero-order chi connectivity index (χ0) is 19.7. The molecular formula is C15H13FI2N2O6. The lowest BCUT2D eigenvalue weighted by Crippen LogP contribution is -2.05. The molecule has 140 valence electrons. The molecule has 0 unspecified atom stereocenters. The Balaban J connectivity index is 0.000000273. The number of hydrogen-bond donors (Lipinski definition) is 0. The Morgan fingerprint density at radius 2 is 1.50 bits per heavy atom. The highest BCUT2D eigenvalue weighted by atomic mass is 127. The fourth-order valence-electron chi connectivity index (χ4n) is 1.62. The van der Waals surface area contributed by atoms with E-state index in [-0.39, 0.29) is 11.4 Å². The second-order valence-electron chi connectivity index (χ2n) is 4.56. The molecule has 0 saturated carbocycles. The Bertz CT molecular complexity index is 791. The maximum absolute atomic E-state index is 12.6. The van der Waals surface area contributed by atoms with Crippen LogP contribution in [0, 0.1) is 33.2 Å². The van der Waals surface area contributed by atoms with Crippen LogP contribution in [-0.2, 0) is 4.74 Å². The van der Waals surface area contributed by atoms with Crippen molar-refractivity contribution in [1.82, 2.24) is 0 Å². The van der Waals surface area contributed by atoms with Gasteiger partial charge in [-0.1, -0.05) is 0 Å². The van der Waals surface area contributed by atoms with E-state index >= 15 is 0 Å². The molecular weight excluding hydrogens is 577 g/mol. The lowest BCUT2D eigenvalue weighted by Gasteiger charge is -2.05. The summed E-state index contributed by atoms with van der Waals surface area (Å²) in [5, 5.41) is 20.8. The molecule has 0 aromatic heterocycles. The van der Waals surface area contributed by atoms with Crippen molar-refractivity contribution in [3.05, 3.63) is 69.6 Å². The summed E-state index contributed by atoms with van der Waals surface area (Å²) in [6, 6.07) is 8.58. The zero-order valence-electron chi connectivity index (χ0n) is 13.4. The Hall–Kier alpha value is -1.61. The van der Waals surface area contributed by atoms with Crippen molar-refractivity contribution in [1.29, 1.82) is 0 Å². The molecule has 2 rings (SSSR count). The molecule has 26 heavy (non-hydrogen) atoms. The lowest BCUT2D eigenvalue weighted by atomic mass is 10.3. The molecule has 2 aromatic rings. The minimum atomic E-state index is -0.796. The molecule has 0 aliphatic heterocycles. The fourth-order valence-corrected chi connectivity index (χ4v) is 2.57. The van der Waals surface area contributed by atoms with Crippen molar-refractivity contribution >= 4 is 56.6 Å². The van der Waals surface area contributed by atoms with Crippen LogP contribution in [0.25, 0.3) is 0 Å². The Kier molecular flexibility index (Phi) is 9.64. The summed E-state index contributed by atoms with van der Waals surface area (Å²) in [5.74, 6) is -0.520. The van der Waals surface area contributed by atoms with Gasteiger partial charge in [0, 0.05) is 26.4 Å². The molecule has 0 N–H and O–H groups in total. The predicted molar refractivity (Wildman–Crippen MR) is 109 cm³/mol. The first kappa shape index (κ1) is 22.4. The van der Waals surface area contributed by atoms with Crippen LogP contribution in [0.3, 0.4) is 0 Å². The zero-order valence-corrected chi connectivity index (χ0v) is 17.7. The first-order valence-corrected chi connectivity index (χ1v) is 9.07. The minimum Gasteiger partial charge on any atom is -0.484 e. The van der Waals surface area contributed by atoms with E-state index in [1.807, 2.05) is 45.2 Å². The van der Waals surface area contributed by atoms with Crippen molar-refractivity contribution in [3.8, 4) is 5.75 Å². The summed E-state index contributed by atoms with van der Waals surface area (Å²) >= 11 is 3.90. The fraction of sp³-hybridized carbons (Fsp3) is 0.200. The summed E-state index contributed by atoms with van der Waals surface area (Å²) in [6.45, 7) is 0.709. The minimum absolute atomic E-state index is 0.0157. The van der Waals surface area contributed by atoms with Crippen molar-refractivity contribution < 1.29 is 23.7 Å². The topological polar surface area (TPSA) is 105 Å². The lowest BCUT2D eigenvalue weighted by molar-refractivity contribution is -0.387. The van der Waals surface area contributed by atoms with Crippen LogP contribution in [0.15, 0.2) is 36.4 Å². The van der Waals surface area contributed by atoms with Crippen molar-refractivity contribution in [2.24, 2.45) is 0 Å². The average Bonchev–Trinajstić information content (AvgIpc) is 2.58. The third-order valence-electron chi connectivity index (χ3n) is 2.77. The van der Waals surface area contributed by atoms with Gasteiger partial charge in [0.2, 0.25) is 5.82 Å². The number of benzene rings is 2. The maximum Gasteiger partial charge on any atom is 0.311 e. The van der Waals surface area contributed by atoms with Gasteiger partial charge in [0.1, 0.15) is 6.61 Å². The quantitative estimate of drug-likeness (QED) is 0.212. The van der Waals surface area contributed by atoms with Crippen LogP contribution in [0.4, 0.5) is 15.8 Å². The van der Waals surface area contributed by atoms with E-state index in [2.05, 4.69) is 0 Å². The molecule has 0 saturated heterocycles. The van der Waals surface area contributed by atoms with Gasteiger partial charge in [-0.3, -0.25) is 20.2 Å². The van der Waals surface area contributed by atoms with Gasteiger partial charge in [-0.15, -0.1) is 0 Å². The highest BCUT2D eigenvalue weighted by Crippen LogP contribution is 2.28. The van der Waals surface area contributed by atoms with Crippen molar-refractivity contribution in [2.75, 3.05) is 20.3 Å². The first-order valence-electron chi connectivity index (χ1n) is 6.91. The maximum atomic E-state index is 12.6. The highest BCUT2D eigenvalue weighted by molar-refractivity contribution is 14.1. The number of nitrogens with zero attached hydrogens (tertiary/aromatic N) is 2. The standard InChI is InChI=1S/C9H10INO4.C6H3FINO2/c1-14-4-5-15-9-3-2-7(10)6-8(9)11(12)13;7-5-2-1-4(8)3-6(5)9(10)11/h2-3,6H,4-5H2,1H3;1-3H. The third-order valence-corrected chi connectivity index (χ3v) is 4.11. The number of hydrogen-bond acceptors (Lipinski definition) is 6. The average molecular weight is 590 g/mol. The van der Waals surface area contributed by atoms with Crippen LogP contribution in [0.1, 0.15) is 0 Å². The van der Waals surface area contributed by atoms with Crippen LogP contribution in [0.2, 0.25) is 0 Å². The number of methoxy groups -OCH3 is 1. The predicted octanol–water partition coefficient (Wildman–Crippen LogP) is 4.56. The summed E-state index contributed by atoms with van der Waals surface area (Å²) in [7, 11) is 1.55. The summed E-state index contributed by atoms with van der Waals surface area (Å²) < 4.78 is 24.0. The summed E-state index contributed by atoms with van der Waals surface area (Å²) in [6.07, 6.45) is 0. The van der Waals surface area contributed by atoms with Gasteiger partial charge >= 0.3 is 11.4 Å². The molecule has 0 spiro atoms. The van der Waals surface area contributed by atoms with E-state index in [0.717, 1.165) is 9.64 Å². The van der Waals surface area contributed by atoms with Gasteiger partial charge in [0.15, 0.2) is 5.75 Å². The van der Waals surface area contributed by atoms with E-state index in [9.17, 15) is 24.6 Å². The molecule has 0 radical (unpaired) electrons. The van der Waals surface area contributed by atoms with Gasteiger partial charge in [0.25, 0.3) is 0 Å². The van der Waals surface area contributed by atoms with E-state index in [1.54, 1.807) is 19.2 Å². The summed E-state index contributed by atoms with van der Waals surface area (Å²) in [4.78, 5) is 19.6. The molecule has 0 aliphatic rings. The molecule has 0 aliphatic carbocycles. The summed E-state index contributed by atoms with van der Waals surface area (Å²) in [5.41, 5.74) is -0.491. The SMILES string of the molecule is COCCOc1ccc(I)cc1[N+](=O)[O-].O=[N+]([O-])c1cc(I)ccc1F. The van der Waals surface area contributed by atoms with Crippen LogP contribution in [0.5, 0.6) is 5.75 Å². The van der Waals surface area contributed by atoms with Gasteiger partial charge in [-0.2, -0.15) is 4.39 Å². The van der Waals surface area contributed by atoms with Gasteiger partial charge in [-0.05, 0) is 69.4 Å². The molecule has 0 bridgehead atoms. The van der Waals surface area contributed by atoms with E-state index in [0.29, 0.717) is 16.8 Å². The van der Waals surface area contributed by atoms with Crippen molar-refractivity contribution in [2.45, 2.75) is 0 Å². The molecule has 0 heterocycles. The van der Waals surface area contributed by atoms with E-state index in [1.165, 1.54) is 18.2 Å². The molecule has 11 heteroatoms. The molecule has 0 amide bonds.